The second kappa shape index (κ2) is 6.62. The number of rotatable bonds is 4. The summed E-state index contributed by atoms with van der Waals surface area (Å²) in [6, 6.07) is 4.12. The number of halogens is 1. The SMILES string of the molecule is CCNC(=NCc1ccc(Cl)nc1)NC1CC2CCC1O2. The monoisotopic (exact) mass is 308 g/mol. The summed E-state index contributed by atoms with van der Waals surface area (Å²) in [6.07, 6.45) is 5.98. The number of ether oxygens (including phenoxy) is 1. The highest BCUT2D eigenvalue weighted by Crippen LogP contribution is 2.34. The Bertz CT molecular complexity index is 505. The molecule has 6 heteroatoms. The molecule has 2 aliphatic rings. The van der Waals surface area contributed by atoms with Crippen molar-refractivity contribution >= 4 is 17.6 Å². The van der Waals surface area contributed by atoms with Gasteiger partial charge in [-0.05, 0) is 37.8 Å². The summed E-state index contributed by atoms with van der Waals surface area (Å²) >= 11 is 5.79. The fraction of sp³-hybridized carbons (Fsp3) is 0.600. The summed E-state index contributed by atoms with van der Waals surface area (Å²) in [5.41, 5.74) is 1.04. The van der Waals surface area contributed by atoms with E-state index in [0.29, 0.717) is 29.9 Å². The van der Waals surface area contributed by atoms with E-state index in [0.717, 1.165) is 30.9 Å². The first-order chi connectivity index (χ1) is 10.2. The largest absolute Gasteiger partial charge is 0.373 e. The molecule has 0 radical (unpaired) electrons. The van der Waals surface area contributed by atoms with Crippen molar-refractivity contribution in [1.82, 2.24) is 15.6 Å². The minimum absolute atomic E-state index is 0.344. The zero-order valence-corrected chi connectivity index (χ0v) is 12.9. The van der Waals surface area contributed by atoms with Gasteiger partial charge in [-0.1, -0.05) is 17.7 Å². The molecular weight excluding hydrogens is 288 g/mol. The third-order valence-electron chi connectivity index (χ3n) is 3.98. The van der Waals surface area contributed by atoms with E-state index in [2.05, 4.69) is 27.5 Å². The Balaban J connectivity index is 1.60. The molecule has 114 valence electrons. The maximum atomic E-state index is 5.87. The number of nitrogens with zero attached hydrogens (tertiary/aromatic N) is 2. The van der Waals surface area contributed by atoms with E-state index in [1.165, 1.54) is 6.42 Å². The maximum Gasteiger partial charge on any atom is 0.191 e. The number of guanidine groups is 1. The van der Waals surface area contributed by atoms with Crippen LogP contribution in [0.3, 0.4) is 0 Å². The summed E-state index contributed by atoms with van der Waals surface area (Å²) in [7, 11) is 0. The minimum atomic E-state index is 0.344. The summed E-state index contributed by atoms with van der Waals surface area (Å²) in [5.74, 6) is 0.841. The first-order valence-corrected chi connectivity index (χ1v) is 7.93. The number of fused-ring (bicyclic) bond motifs is 2. The Morgan fingerprint density at radius 3 is 3.00 bits per heavy atom. The van der Waals surface area contributed by atoms with Crippen molar-refractivity contribution in [3.63, 3.8) is 0 Å². The highest BCUT2D eigenvalue weighted by Gasteiger charge is 2.41. The predicted molar refractivity (Wildman–Crippen MR) is 83.5 cm³/mol. The van der Waals surface area contributed by atoms with E-state index in [1.54, 1.807) is 12.3 Å². The molecule has 1 aromatic rings. The molecule has 2 saturated heterocycles. The van der Waals surface area contributed by atoms with Gasteiger partial charge in [0.2, 0.25) is 0 Å². The molecule has 0 saturated carbocycles. The first-order valence-electron chi connectivity index (χ1n) is 7.55. The van der Waals surface area contributed by atoms with Crippen LogP contribution in [-0.2, 0) is 11.3 Å². The average Bonchev–Trinajstić information content (AvgIpc) is 3.09. The lowest BCUT2D eigenvalue weighted by atomic mass is 9.96. The molecule has 1 aromatic heterocycles. The predicted octanol–water partition coefficient (Wildman–Crippen LogP) is 2.11. The second-order valence-electron chi connectivity index (χ2n) is 5.54. The smallest absolute Gasteiger partial charge is 0.191 e. The van der Waals surface area contributed by atoms with Crippen LogP contribution in [0.1, 0.15) is 31.7 Å². The van der Waals surface area contributed by atoms with Gasteiger partial charge in [0.15, 0.2) is 5.96 Å². The lowest BCUT2D eigenvalue weighted by Crippen LogP contribution is -2.47. The molecule has 5 nitrogen and oxygen atoms in total. The van der Waals surface area contributed by atoms with E-state index in [4.69, 9.17) is 16.3 Å². The molecule has 3 rings (SSSR count). The van der Waals surface area contributed by atoms with E-state index < -0.39 is 0 Å². The lowest BCUT2D eigenvalue weighted by Gasteiger charge is -2.22. The van der Waals surface area contributed by atoms with Crippen molar-refractivity contribution < 1.29 is 4.74 Å². The topological polar surface area (TPSA) is 58.5 Å². The lowest BCUT2D eigenvalue weighted by molar-refractivity contribution is 0.0992. The van der Waals surface area contributed by atoms with Crippen LogP contribution >= 0.6 is 11.6 Å². The average molecular weight is 309 g/mol. The summed E-state index contributed by atoms with van der Waals surface area (Å²) in [4.78, 5) is 8.69. The van der Waals surface area contributed by atoms with Crippen LogP contribution in [0.4, 0.5) is 0 Å². The Hall–Kier alpha value is -1.33. The van der Waals surface area contributed by atoms with E-state index >= 15 is 0 Å². The molecule has 2 N–H and O–H groups in total. The molecule has 0 amide bonds. The quantitative estimate of drug-likeness (QED) is 0.508. The van der Waals surface area contributed by atoms with Crippen molar-refractivity contribution in [3.05, 3.63) is 29.0 Å². The van der Waals surface area contributed by atoms with Crippen LogP contribution in [0.25, 0.3) is 0 Å². The molecule has 3 heterocycles. The molecular formula is C15H21ClN4O. The standard InChI is InChI=1S/C15H21ClN4O/c1-2-17-15(19-9-10-3-6-14(16)18-8-10)20-12-7-11-4-5-13(12)21-11/h3,6,8,11-13H,2,4-5,7,9H2,1H3,(H2,17,19,20). The fourth-order valence-electron chi connectivity index (χ4n) is 2.96. The molecule has 3 unspecified atom stereocenters. The highest BCUT2D eigenvalue weighted by atomic mass is 35.5. The number of hydrogen-bond acceptors (Lipinski definition) is 3. The van der Waals surface area contributed by atoms with Gasteiger partial charge in [0.1, 0.15) is 5.15 Å². The van der Waals surface area contributed by atoms with E-state index in [1.807, 2.05) is 6.07 Å². The van der Waals surface area contributed by atoms with Crippen molar-refractivity contribution in [1.29, 1.82) is 0 Å². The molecule has 0 aromatic carbocycles. The van der Waals surface area contributed by atoms with Crippen molar-refractivity contribution in [2.75, 3.05) is 6.54 Å². The second-order valence-corrected chi connectivity index (χ2v) is 5.93. The van der Waals surface area contributed by atoms with Crippen LogP contribution in [-0.4, -0.2) is 35.7 Å². The summed E-state index contributed by atoms with van der Waals surface area (Å²) in [5, 5.41) is 7.29. The fourth-order valence-corrected chi connectivity index (χ4v) is 3.07. The summed E-state index contributed by atoms with van der Waals surface area (Å²) in [6.45, 7) is 3.49. The molecule has 0 aliphatic carbocycles. The van der Waals surface area contributed by atoms with Gasteiger partial charge in [-0.2, -0.15) is 0 Å². The highest BCUT2D eigenvalue weighted by molar-refractivity contribution is 6.29. The van der Waals surface area contributed by atoms with E-state index in [9.17, 15) is 0 Å². The number of aromatic nitrogens is 1. The zero-order valence-electron chi connectivity index (χ0n) is 12.2. The maximum absolute atomic E-state index is 5.87. The van der Waals surface area contributed by atoms with Gasteiger partial charge in [0.25, 0.3) is 0 Å². The van der Waals surface area contributed by atoms with Crippen molar-refractivity contribution in [2.45, 2.75) is 51.0 Å². The van der Waals surface area contributed by atoms with E-state index in [-0.39, 0.29) is 0 Å². The molecule has 21 heavy (non-hydrogen) atoms. The normalized spacial score (nSPS) is 27.9. The molecule has 3 atom stereocenters. The van der Waals surface area contributed by atoms with Crippen molar-refractivity contribution in [2.24, 2.45) is 4.99 Å². The van der Waals surface area contributed by atoms with Gasteiger partial charge < -0.3 is 15.4 Å². The van der Waals surface area contributed by atoms with Gasteiger partial charge in [-0.25, -0.2) is 9.98 Å². The molecule has 0 spiro atoms. The van der Waals surface area contributed by atoms with Crippen LogP contribution in [0.5, 0.6) is 0 Å². The minimum Gasteiger partial charge on any atom is -0.373 e. The zero-order chi connectivity index (χ0) is 14.7. The third-order valence-corrected chi connectivity index (χ3v) is 4.20. The number of hydrogen-bond donors (Lipinski definition) is 2. The van der Waals surface area contributed by atoms with Crippen LogP contribution in [0.2, 0.25) is 5.15 Å². The van der Waals surface area contributed by atoms with Crippen LogP contribution < -0.4 is 10.6 Å². The van der Waals surface area contributed by atoms with Crippen molar-refractivity contribution in [3.8, 4) is 0 Å². The van der Waals surface area contributed by atoms with Gasteiger partial charge in [0, 0.05) is 12.7 Å². The number of pyridine rings is 1. The first kappa shape index (κ1) is 14.6. The number of aliphatic imine (C=N–C) groups is 1. The Labute approximate surface area is 130 Å². The third kappa shape index (κ3) is 3.66. The van der Waals surface area contributed by atoms with Gasteiger partial charge in [-0.3, -0.25) is 0 Å². The molecule has 2 aliphatic heterocycles. The van der Waals surface area contributed by atoms with Gasteiger partial charge >= 0.3 is 0 Å². The van der Waals surface area contributed by atoms with Gasteiger partial charge in [-0.15, -0.1) is 0 Å². The molecule has 2 bridgehead atoms. The van der Waals surface area contributed by atoms with Gasteiger partial charge in [0.05, 0.1) is 24.8 Å². The Morgan fingerprint density at radius 2 is 2.38 bits per heavy atom. The Morgan fingerprint density at radius 1 is 1.48 bits per heavy atom. The molecule has 2 fully saturated rings. The van der Waals surface area contributed by atoms with Crippen LogP contribution in [0, 0.1) is 0 Å². The number of nitrogens with one attached hydrogen (secondary N) is 2. The van der Waals surface area contributed by atoms with Crippen LogP contribution in [0.15, 0.2) is 23.3 Å². The Kier molecular flexibility index (Phi) is 4.60. The summed E-state index contributed by atoms with van der Waals surface area (Å²) < 4.78 is 5.87.